The van der Waals surface area contributed by atoms with E-state index in [0.29, 0.717) is 5.56 Å². The van der Waals surface area contributed by atoms with E-state index in [2.05, 4.69) is 26.6 Å². The molecule has 1 aromatic rings. The van der Waals surface area contributed by atoms with Gasteiger partial charge in [0.15, 0.2) is 5.54 Å². The van der Waals surface area contributed by atoms with Gasteiger partial charge in [-0.25, -0.2) is 9.59 Å². The molecule has 2 N–H and O–H groups in total. The van der Waals surface area contributed by atoms with Crippen molar-refractivity contribution in [3.8, 4) is 0 Å². The Bertz CT molecular complexity index is 805. The molecular weight excluding hydrogens is 468 g/mol. The minimum Gasteiger partial charge on any atom is -0.467 e. The van der Waals surface area contributed by atoms with Gasteiger partial charge in [-0.15, -0.1) is 0 Å². The van der Waals surface area contributed by atoms with Crippen molar-refractivity contribution in [3.05, 3.63) is 34.3 Å². The highest BCUT2D eigenvalue weighted by Gasteiger charge is 2.53. The van der Waals surface area contributed by atoms with E-state index >= 15 is 0 Å². The third-order valence-corrected chi connectivity index (χ3v) is 5.47. The van der Waals surface area contributed by atoms with Crippen LogP contribution in [-0.2, 0) is 23.8 Å². The van der Waals surface area contributed by atoms with Gasteiger partial charge in [-0.3, -0.25) is 4.79 Å². The first-order valence-corrected chi connectivity index (χ1v) is 11.0. The van der Waals surface area contributed by atoms with Crippen LogP contribution in [0.15, 0.2) is 28.7 Å². The molecule has 8 nitrogen and oxygen atoms in total. The van der Waals surface area contributed by atoms with Crippen molar-refractivity contribution in [2.24, 2.45) is 5.92 Å². The Kier molecular flexibility index (Phi) is 8.10. The number of halogens is 1. The third kappa shape index (κ3) is 6.20. The molecular formula is C22H31BrN2O6. The maximum Gasteiger partial charge on any atom is 0.408 e. The van der Waals surface area contributed by atoms with Gasteiger partial charge in [0.25, 0.3) is 0 Å². The van der Waals surface area contributed by atoms with Crippen LogP contribution < -0.4 is 10.6 Å². The standard InChI is InChI=1S/C22H31BrN2O6/c1-13(2)16(18(26)29-6)24-19(27)22(25-20(28)31-21(3,4)5)11-12-30-17(22)14-7-9-15(23)10-8-14/h7-10,13,16-17H,11-12H2,1-6H3,(H,24,27)(H,25,28)/t16-,17-,22+/m0/s1. The minimum absolute atomic E-state index is 0.213. The van der Waals surface area contributed by atoms with Crippen LogP contribution in [0.2, 0.25) is 0 Å². The van der Waals surface area contributed by atoms with E-state index < -0.39 is 41.3 Å². The van der Waals surface area contributed by atoms with Crippen molar-refractivity contribution >= 4 is 33.9 Å². The number of alkyl carbamates (subject to hydrolysis) is 1. The highest BCUT2D eigenvalue weighted by Crippen LogP contribution is 2.39. The van der Waals surface area contributed by atoms with E-state index in [0.717, 1.165) is 4.47 Å². The maximum absolute atomic E-state index is 13.6. The van der Waals surface area contributed by atoms with Crippen molar-refractivity contribution in [1.29, 1.82) is 0 Å². The number of nitrogens with one attached hydrogen (secondary N) is 2. The van der Waals surface area contributed by atoms with E-state index in [1.807, 2.05) is 24.3 Å². The molecule has 1 aliphatic rings. The van der Waals surface area contributed by atoms with Crippen LogP contribution in [0.4, 0.5) is 4.79 Å². The number of ether oxygens (including phenoxy) is 3. The van der Waals surface area contributed by atoms with Gasteiger partial charge in [-0.05, 0) is 44.4 Å². The van der Waals surface area contributed by atoms with Gasteiger partial charge in [0.2, 0.25) is 5.91 Å². The van der Waals surface area contributed by atoms with Gasteiger partial charge in [0.1, 0.15) is 17.7 Å². The van der Waals surface area contributed by atoms with Crippen molar-refractivity contribution in [2.45, 2.75) is 64.3 Å². The molecule has 1 aromatic carbocycles. The van der Waals surface area contributed by atoms with Gasteiger partial charge < -0.3 is 24.8 Å². The summed E-state index contributed by atoms with van der Waals surface area (Å²) in [7, 11) is 1.27. The molecule has 0 aromatic heterocycles. The summed E-state index contributed by atoms with van der Waals surface area (Å²) in [5.74, 6) is -1.31. The van der Waals surface area contributed by atoms with Crippen LogP contribution in [0.25, 0.3) is 0 Å². The molecule has 0 radical (unpaired) electrons. The second-order valence-corrected chi connectivity index (χ2v) is 9.78. The molecule has 0 bridgehead atoms. The van der Waals surface area contributed by atoms with Crippen LogP contribution >= 0.6 is 15.9 Å². The number of hydrogen-bond donors (Lipinski definition) is 2. The maximum atomic E-state index is 13.6. The first kappa shape index (κ1) is 25.1. The average Bonchev–Trinajstić information content (AvgIpc) is 3.08. The van der Waals surface area contributed by atoms with Crippen molar-refractivity contribution in [3.63, 3.8) is 0 Å². The first-order valence-electron chi connectivity index (χ1n) is 10.2. The number of carbonyl (C=O) groups excluding carboxylic acids is 3. The number of methoxy groups -OCH3 is 1. The lowest BCUT2D eigenvalue weighted by atomic mass is 9.85. The third-order valence-electron chi connectivity index (χ3n) is 4.94. The predicted octanol–water partition coefficient (Wildman–Crippen LogP) is 3.49. The summed E-state index contributed by atoms with van der Waals surface area (Å²) in [6, 6.07) is 6.43. The average molecular weight is 499 g/mol. The second kappa shape index (κ2) is 9.99. The summed E-state index contributed by atoms with van der Waals surface area (Å²) in [6.45, 7) is 9.06. The smallest absolute Gasteiger partial charge is 0.408 e. The zero-order chi connectivity index (χ0) is 23.4. The van der Waals surface area contributed by atoms with Crippen LogP contribution in [-0.4, -0.2) is 48.9 Å². The zero-order valence-electron chi connectivity index (χ0n) is 18.8. The van der Waals surface area contributed by atoms with Crippen LogP contribution in [0.1, 0.15) is 52.7 Å². The summed E-state index contributed by atoms with van der Waals surface area (Å²) in [5.41, 5.74) is -1.50. The molecule has 2 amide bonds. The quantitative estimate of drug-likeness (QED) is 0.581. The molecule has 1 heterocycles. The number of amides is 2. The van der Waals surface area contributed by atoms with E-state index in [9.17, 15) is 14.4 Å². The SMILES string of the molecule is COC(=O)[C@@H](NC(=O)[C@@]1(NC(=O)OC(C)(C)C)CCO[C@H]1c1ccc(Br)cc1)C(C)C. The molecule has 0 spiro atoms. The van der Waals surface area contributed by atoms with Gasteiger partial charge in [0.05, 0.1) is 13.7 Å². The Labute approximate surface area is 191 Å². The molecule has 0 unspecified atom stereocenters. The van der Waals surface area contributed by atoms with Crippen molar-refractivity contribution in [2.75, 3.05) is 13.7 Å². The molecule has 2 rings (SSSR count). The summed E-state index contributed by atoms with van der Waals surface area (Å²) < 4.78 is 17.0. The Morgan fingerprint density at radius 2 is 1.81 bits per heavy atom. The van der Waals surface area contributed by atoms with E-state index in [-0.39, 0.29) is 18.9 Å². The van der Waals surface area contributed by atoms with Gasteiger partial charge in [-0.1, -0.05) is 41.9 Å². The number of esters is 1. The molecule has 172 valence electrons. The lowest BCUT2D eigenvalue weighted by Crippen LogP contribution is -2.63. The number of benzene rings is 1. The highest BCUT2D eigenvalue weighted by atomic mass is 79.9. The van der Waals surface area contributed by atoms with E-state index in [4.69, 9.17) is 14.2 Å². The Hall–Kier alpha value is -2.13. The molecule has 3 atom stereocenters. The number of rotatable bonds is 6. The number of hydrogen-bond acceptors (Lipinski definition) is 6. The largest absolute Gasteiger partial charge is 0.467 e. The summed E-state index contributed by atoms with van der Waals surface area (Å²) in [5, 5.41) is 5.51. The lowest BCUT2D eigenvalue weighted by Gasteiger charge is -2.36. The molecule has 1 saturated heterocycles. The van der Waals surface area contributed by atoms with Crippen LogP contribution in [0.3, 0.4) is 0 Å². The Balaban J connectivity index is 2.43. The van der Waals surface area contributed by atoms with Crippen LogP contribution in [0.5, 0.6) is 0 Å². The second-order valence-electron chi connectivity index (χ2n) is 8.87. The Morgan fingerprint density at radius 3 is 2.32 bits per heavy atom. The molecule has 0 saturated carbocycles. The monoisotopic (exact) mass is 498 g/mol. The fourth-order valence-electron chi connectivity index (χ4n) is 3.43. The zero-order valence-corrected chi connectivity index (χ0v) is 20.4. The van der Waals surface area contributed by atoms with Gasteiger partial charge in [0, 0.05) is 10.9 Å². The molecule has 31 heavy (non-hydrogen) atoms. The predicted molar refractivity (Wildman–Crippen MR) is 118 cm³/mol. The molecule has 1 aliphatic heterocycles. The topological polar surface area (TPSA) is 103 Å². The summed E-state index contributed by atoms with van der Waals surface area (Å²) in [6.07, 6.45) is -1.29. The minimum atomic E-state index is -1.46. The summed E-state index contributed by atoms with van der Waals surface area (Å²) >= 11 is 3.40. The fraction of sp³-hybridized carbons (Fsp3) is 0.591. The highest BCUT2D eigenvalue weighted by molar-refractivity contribution is 9.10. The van der Waals surface area contributed by atoms with E-state index in [1.165, 1.54) is 7.11 Å². The number of carbonyl (C=O) groups is 3. The normalized spacial score (nSPS) is 22.0. The van der Waals surface area contributed by atoms with Crippen molar-refractivity contribution < 1.29 is 28.6 Å². The fourth-order valence-corrected chi connectivity index (χ4v) is 3.69. The first-order chi connectivity index (χ1) is 14.4. The molecule has 0 aliphatic carbocycles. The van der Waals surface area contributed by atoms with E-state index in [1.54, 1.807) is 34.6 Å². The molecule has 1 fully saturated rings. The summed E-state index contributed by atoms with van der Waals surface area (Å²) in [4.78, 5) is 38.5. The lowest BCUT2D eigenvalue weighted by molar-refractivity contribution is -0.147. The van der Waals surface area contributed by atoms with Crippen LogP contribution in [0, 0.1) is 5.92 Å². The Morgan fingerprint density at radius 1 is 1.19 bits per heavy atom. The van der Waals surface area contributed by atoms with Gasteiger partial charge >= 0.3 is 12.1 Å². The van der Waals surface area contributed by atoms with Gasteiger partial charge in [-0.2, -0.15) is 0 Å². The van der Waals surface area contributed by atoms with Crippen molar-refractivity contribution in [1.82, 2.24) is 10.6 Å². The molecule has 9 heteroatoms.